The van der Waals surface area contributed by atoms with Gasteiger partial charge in [-0.1, -0.05) is 52.2 Å². The smallest absolute Gasteiger partial charge is 0.325 e. The molecule has 0 radical (unpaired) electrons. The van der Waals surface area contributed by atoms with Gasteiger partial charge in [0.1, 0.15) is 11.3 Å². The fourth-order valence-corrected chi connectivity index (χ4v) is 3.84. The number of nitrogens with one attached hydrogen (secondary N) is 1. The van der Waals surface area contributed by atoms with Crippen molar-refractivity contribution in [3.8, 4) is 5.75 Å². The van der Waals surface area contributed by atoms with E-state index in [0.717, 1.165) is 37.9 Å². The van der Waals surface area contributed by atoms with Crippen molar-refractivity contribution < 1.29 is 14.3 Å². The maximum atomic E-state index is 12.7. The Labute approximate surface area is 156 Å². The third-order valence-corrected chi connectivity index (χ3v) is 5.47. The van der Waals surface area contributed by atoms with Crippen LogP contribution in [0.2, 0.25) is 0 Å². The molecule has 5 nitrogen and oxygen atoms in total. The maximum Gasteiger partial charge on any atom is 0.325 e. The van der Waals surface area contributed by atoms with Crippen LogP contribution in [-0.4, -0.2) is 35.5 Å². The molecule has 0 unspecified atom stereocenters. The highest BCUT2D eigenvalue weighted by molar-refractivity contribution is 6.07. The fraction of sp³-hybridized carbons (Fsp3) is 0.619. The van der Waals surface area contributed by atoms with Crippen LogP contribution in [0, 0.1) is 0 Å². The van der Waals surface area contributed by atoms with Gasteiger partial charge in [-0.15, -0.1) is 0 Å². The van der Waals surface area contributed by atoms with E-state index < -0.39 is 5.54 Å². The molecule has 3 rings (SSSR count). The van der Waals surface area contributed by atoms with Gasteiger partial charge >= 0.3 is 6.03 Å². The van der Waals surface area contributed by atoms with Gasteiger partial charge in [0.15, 0.2) is 0 Å². The van der Waals surface area contributed by atoms with Gasteiger partial charge < -0.3 is 10.1 Å². The molecular formula is C21H30N2O3. The van der Waals surface area contributed by atoms with Crippen molar-refractivity contribution in [2.45, 2.75) is 70.3 Å². The minimum Gasteiger partial charge on any atom is -0.494 e. The van der Waals surface area contributed by atoms with Crippen LogP contribution in [0.3, 0.4) is 0 Å². The molecule has 1 heterocycles. The zero-order valence-corrected chi connectivity index (χ0v) is 16.1. The molecule has 3 amide bonds. The minimum absolute atomic E-state index is 0.0447. The van der Waals surface area contributed by atoms with E-state index in [9.17, 15) is 9.59 Å². The second-order valence-electron chi connectivity index (χ2n) is 8.51. The highest BCUT2D eigenvalue weighted by atomic mass is 16.5. The Morgan fingerprint density at radius 3 is 2.35 bits per heavy atom. The number of carbonyl (C=O) groups excluding carboxylic acids is 2. The Hall–Kier alpha value is -2.04. The summed E-state index contributed by atoms with van der Waals surface area (Å²) in [7, 11) is 0. The van der Waals surface area contributed by atoms with E-state index in [1.807, 2.05) is 12.1 Å². The molecule has 0 atom stereocenters. The molecule has 2 aliphatic rings. The highest BCUT2D eigenvalue weighted by Crippen LogP contribution is 2.33. The predicted octanol–water partition coefficient (Wildman–Crippen LogP) is 4.01. The summed E-state index contributed by atoms with van der Waals surface area (Å²) in [5, 5.41) is 2.94. The second kappa shape index (κ2) is 7.29. The van der Waals surface area contributed by atoms with Gasteiger partial charge in [0.2, 0.25) is 0 Å². The second-order valence-corrected chi connectivity index (χ2v) is 8.51. The molecule has 5 heteroatoms. The molecule has 26 heavy (non-hydrogen) atoms. The van der Waals surface area contributed by atoms with E-state index in [1.54, 1.807) is 0 Å². The molecule has 0 aromatic heterocycles. The number of carbonyl (C=O) groups is 2. The largest absolute Gasteiger partial charge is 0.494 e. The number of imide groups is 1. The first-order valence-electron chi connectivity index (χ1n) is 9.69. The molecule has 1 aromatic rings. The minimum atomic E-state index is -0.626. The molecule has 1 aliphatic heterocycles. The Morgan fingerprint density at radius 1 is 1.08 bits per heavy atom. The lowest BCUT2D eigenvalue weighted by Gasteiger charge is -2.30. The third-order valence-electron chi connectivity index (χ3n) is 5.47. The number of hydrogen-bond donors (Lipinski definition) is 1. The molecule has 1 aliphatic carbocycles. The monoisotopic (exact) mass is 358 g/mol. The maximum absolute atomic E-state index is 12.7. The van der Waals surface area contributed by atoms with E-state index in [4.69, 9.17) is 4.74 Å². The topological polar surface area (TPSA) is 58.6 Å². The van der Waals surface area contributed by atoms with Crippen LogP contribution in [0.5, 0.6) is 5.75 Å². The SMILES string of the molecule is CC(C)(C)c1ccc(OCCCN2C(=O)NC3(CCCCC3)C2=O)cc1. The normalized spacial score (nSPS) is 19.7. The average Bonchev–Trinajstić information content (AvgIpc) is 2.82. The molecule has 1 saturated carbocycles. The van der Waals surface area contributed by atoms with Crippen molar-refractivity contribution in [2.24, 2.45) is 0 Å². The third kappa shape index (κ3) is 3.87. The highest BCUT2D eigenvalue weighted by Gasteiger charge is 2.50. The molecule has 2 fully saturated rings. The first-order valence-corrected chi connectivity index (χ1v) is 9.69. The van der Waals surface area contributed by atoms with Crippen molar-refractivity contribution in [2.75, 3.05) is 13.2 Å². The fourth-order valence-electron chi connectivity index (χ4n) is 3.84. The summed E-state index contributed by atoms with van der Waals surface area (Å²) in [6.45, 7) is 7.44. The molecule has 1 aromatic carbocycles. The van der Waals surface area contributed by atoms with Crippen LogP contribution in [0.4, 0.5) is 4.79 Å². The van der Waals surface area contributed by atoms with Gasteiger partial charge in [0, 0.05) is 6.54 Å². The Kier molecular flexibility index (Phi) is 5.26. The van der Waals surface area contributed by atoms with E-state index in [2.05, 4.69) is 38.2 Å². The molecule has 1 N–H and O–H groups in total. The standard InChI is InChI=1S/C21H30N2O3/c1-20(2,3)16-8-10-17(11-9-16)26-15-7-14-23-18(24)21(22-19(23)25)12-5-4-6-13-21/h8-11H,4-7,12-15H2,1-3H3,(H,22,25). The van der Waals surface area contributed by atoms with Crippen molar-refractivity contribution in [1.82, 2.24) is 10.2 Å². The molecule has 1 spiro atoms. The van der Waals surface area contributed by atoms with E-state index in [0.29, 0.717) is 19.6 Å². The van der Waals surface area contributed by atoms with Crippen LogP contribution in [0.15, 0.2) is 24.3 Å². The average molecular weight is 358 g/mol. The van der Waals surface area contributed by atoms with Crippen LogP contribution in [0.1, 0.15) is 64.9 Å². The van der Waals surface area contributed by atoms with Gasteiger partial charge in [0.05, 0.1) is 6.61 Å². The summed E-state index contributed by atoms with van der Waals surface area (Å²) in [5.41, 5.74) is 0.762. The summed E-state index contributed by atoms with van der Waals surface area (Å²) in [6.07, 6.45) is 5.33. The van der Waals surface area contributed by atoms with E-state index in [1.165, 1.54) is 10.5 Å². The van der Waals surface area contributed by atoms with Crippen molar-refractivity contribution >= 4 is 11.9 Å². The number of hydrogen-bond acceptors (Lipinski definition) is 3. The molecule has 0 bridgehead atoms. The summed E-state index contributed by atoms with van der Waals surface area (Å²) in [4.78, 5) is 26.3. The summed E-state index contributed by atoms with van der Waals surface area (Å²) >= 11 is 0. The first-order chi connectivity index (χ1) is 12.3. The Bertz CT molecular complexity index is 655. The number of nitrogens with zero attached hydrogens (tertiary/aromatic N) is 1. The number of amides is 3. The lowest BCUT2D eigenvalue weighted by Crippen LogP contribution is -2.48. The van der Waals surface area contributed by atoms with Gasteiger partial charge in [-0.3, -0.25) is 9.69 Å². The van der Waals surface area contributed by atoms with Crippen LogP contribution in [-0.2, 0) is 10.2 Å². The van der Waals surface area contributed by atoms with Crippen molar-refractivity contribution in [3.05, 3.63) is 29.8 Å². The predicted molar refractivity (Wildman–Crippen MR) is 101 cm³/mol. The van der Waals surface area contributed by atoms with Crippen LogP contribution < -0.4 is 10.1 Å². The Balaban J connectivity index is 1.48. The number of benzene rings is 1. The van der Waals surface area contributed by atoms with Crippen LogP contribution in [0.25, 0.3) is 0 Å². The zero-order valence-electron chi connectivity index (χ0n) is 16.1. The Morgan fingerprint density at radius 2 is 1.73 bits per heavy atom. The number of rotatable bonds is 5. The van der Waals surface area contributed by atoms with Gasteiger partial charge in [0.25, 0.3) is 5.91 Å². The number of ether oxygens (including phenoxy) is 1. The summed E-state index contributed by atoms with van der Waals surface area (Å²) < 4.78 is 5.77. The zero-order chi connectivity index (χ0) is 18.8. The first kappa shape index (κ1) is 18.7. The lowest BCUT2D eigenvalue weighted by molar-refractivity contribution is -0.132. The van der Waals surface area contributed by atoms with Crippen molar-refractivity contribution in [3.63, 3.8) is 0 Å². The molecular weight excluding hydrogens is 328 g/mol. The number of urea groups is 1. The lowest BCUT2D eigenvalue weighted by atomic mass is 9.82. The van der Waals surface area contributed by atoms with Gasteiger partial charge in [-0.2, -0.15) is 0 Å². The molecule has 1 saturated heterocycles. The summed E-state index contributed by atoms with van der Waals surface area (Å²) in [6, 6.07) is 7.88. The van der Waals surface area contributed by atoms with E-state index in [-0.39, 0.29) is 17.4 Å². The quantitative estimate of drug-likeness (QED) is 0.639. The summed E-state index contributed by atoms with van der Waals surface area (Å²) in [5.74, 6) is 0.774. The van der Waals surface area contributed by atoms with Gasteiger partial charge in [-0.05, 0) is 42.4 Å². The van der Waals surface area contributed by atoms with E-state index >= 15 is 0 Å². The van der Waals surface area contributed by atoms with Gasteiger partial charge in [-0.25, -0.2) is 4.79 Å². The van der Waals surface area contributed by atoms with Crippen molar-refractivity contribution in [1.29, 1.82) is 0 Å². The molecule has 142 valence electrons. The van der Waals surface area contributed by atoms with Crippen LogP contribution >= 0.6 is 0 Å².